The zero-order chi connectivity index (χ0) is 12.4. The minimum atomic E-state index is 0.166. The SMILES string of the molecule is Cc1ccc(N2CC(C)NC(CO)C2)cc1Br. The average Bonchev–Trinajstić information content (AvgIpc) is 2.32. The van der Waals surface area contributed by atoms with Gasteiger partial charge in [-0.05, 0) is 31.5 Å². The van der Waals surface area contributed by atoms with Gasteiger partial charge < -0.3 is 15.3 Å². The van der Waals surface area contributed by atoms with Gasteiger partial charge in [0.05, 0.1) is 6.61 Å². The molecule has 1 aliphatic heterocycles. The Morgan fingerprint density at radius 1 is 1.47 bits per heavy atom. The molecular formula is C13H19BrN2O. The van der Waals surface area contributed by atoms with Crippen molar-refractivity contribution in [3.05, 3.63) is 28.2 Å². The van der Waals surface area contributed by atoms with Crippen LogP contribution < -0.4 is 10.2 Å². The van der Waals surface area contributed by atoms with E-state index in [-0.39, 0.29) is 12.6 Å². The Kier molecular flexibility index (Phi) is 4.07. The molecule has 2 rings (SSSR count). The number of benzene rings is 1. The number of nitrogens with one attached hydrogen (secondary N) is 1. The molecule has 0 aromatic heterocycles. The van der Waals surface area contributed by atoms with Crippen LogP contribution in [0.15, 0.2) is 22.7 Å². The van der Waals surface area contributed by atoms with Gasteiger partial charge in [-0.1, -0.05) is 22.0 Å². The Labute approximate surface area is 111 Å². The van der Waals surface area contributed by atoms with E-state index in [1.807, 2.05) is 0 Å². The summed E-state index contributed by atoms with van der Waals surface area (Å²) in [5.41, 5.74) is 2.46. The second-order valence-electron chi connectivity index (χ2n) is 4.79. The van der Waals surface area contributed by atoms with E-state index in [1.54, 1.807) is 0 Å². The quantitative estimate of drug-likeness (QED) is 0.876. The Bertz CT molecular complexity index is 397. The molecular weight excluding hydrogens is 280 g/mol. The van der Waals surface area contributed by atoms with Crippen molar-refractivity contribution in [2.24, 2.45) is 0 Å². The third kappa shape index (κ3) is 3.00. The molecule has 0 saturated carbocycles. The van der Waals surface area contributed by atoms with Gasteiger partial charge in [0.25, 0.3) is 0 Å². The third-order valence-electron chi connectivity index (χ3n) is 3.20. The van der Waals surface area contributed by atoms with Crippen LogP contribution in [0.2, 0.25) is 0 Å². The molecule has 0 bridgehead atoms. The summed E-state index contributed by atoms with van der Waals surface area (Å²) in [5.74, 6) is 0. The van der Waals surface area contributed by atoms with E-state index in [2.05, 4.69) is 58.2 Å². The molecule has 94 valence electrons. The molecule has 4 heteroatoms. The molecule has 1 saturated heterocycles. The van der Waals surface area contributed by atoms with Crippen LogP contribution in [0.3, 0.4) is 0 Å². The lowest BCUT2D eigenvalue weighted by atomic mass is 10.1. The fourth-order valence-corrected chi connectivity index (χ4v) is 2.65. The summed E-state index contributed by atoms with van der Waals surface area (Å²) in [6.07, 6.45) is 0. The van der Waals surface area contributed by atoms with E-state index in [4.69, 9.17) is 0 Å². The average molecular weight is 299 g/mol. The van der Waals surface area contributed by atoms with Crippen molar-refractivity contribution < 1.29 is 5.11 Å². The lowest BCUT2D eigenvalue weighted by Gasteiger charge is -2.38. The Balaban J connectivity index is 2.17. The predicted molar refractivity (Wildman–Crippen MR) is 74.6 cm³/mol. The highest BCUT2D eigenvalue weighted by atomic mass is 79.9. The molecule has 2 unspecified atom stereocenters. The molecule has 3 nitrogen and oxygen atoms in total. The van der Waals surface area contributed by atoms with Crippen molar-refractivity contribution in [2.75, 3.05) is 24.6 Å². The maximum absolute atomic E-state index is 9.27. The van der Waals surface area contributed by atoms with E-state index in [1.165, 1.54) is 11.3 Å². The van der Waals surface area contributed by atoms with Crippen molar-refractivity contribution in [2.45, 2.75) is 25.9 Å². The first-order valence-corrected chi connectivity index (χ1v) is 6.77. The van der Waals surface area contributed by atoms with Gasteiger partial charge >= 0.3 is 0 Å². The minimum absolute atomic E-state index is 0.166. The summed E-state index contributed by atoms with van der Waals surface area (Å²) in [4.78, 5) is 2.33. The number of nitrogens with zero attached hydrogens (tertiary/aromatic N) is 1. The largest absolute Gasteiger partial charge is 0.395 e. The summed E-state index contributed by atoms with van der Waals surface area (Å²) in [7, 11) is 0. The molecule has 1 aromatic rings. The van der Waals surface area contributed by atoms with Gasteiger partial charge in [0.15, 0.2) is 0 Å². The number of piperazine rings is 1. The highest BCUT2D eigenvalue weighted by Crippen LogP contribution is 2.24. The Morgan fingerprint density at radius 2 is 2.24 bits per heavy atom. The third-order valence-corrected chi connectivity index (χ3v) is 4.05. The molecule has 0 spiro atoms. The standard InChI is InChI=1S/C13H19BrN2O/c1-9-3-4-12(5-13(9)14)16-6-10(2)15-11(7-16)8-17/h3-5,10-11,15,17H,6-8H2,1-2H3. The highest BCUT2D eigenvalue weighted by Gasteiger charge is 2.23. The molecule has 17 heavy (non-hydrogen) atoms. The second kappa shape index (κ2) is 5.38. The number of aliphatic hydroxyl groups excluding tert-OH is 1. The first-order valence-electron chi connectivity index (χ1n) is 5.98. The first-order chi connectivity index (χ1) is 8.10. The van der Waals surface area contributed by atoms with Gasteiger partial charge in [0.2, 0.25) is 0 Å². The van der Waals surface area contributed by atoms with Gasteiger partial charge in [-0.15, -0.1) is 0 Å². The van der Waals surface area contributed by atoms with Gasteiger partial charge in [-0.2, -0.15) is 0 Å². The number of hydrogen-bond acceptors (Lipinski definition) is 3. The summed E-state index contributed by atoms with van der Waals surface area (Å²) in [6.45, 7) is 6.26. The summed E-state index contributed by atoms with van der Waals surface area (Å²) in [6, 6.07) is 6.99. The van der Waals surface area contributed by atoms with Crippen LogP contribution in [-0.2, 0) is 0 Å². The summed E-state index contributed by atoms with van der Waals surface area (Å²) >= 11 is 3.57. The second-order valence-corrected chi connectivity index (χ2v) is 5.64. The van der Waals surface area contributed by atoms with Gasteiger partial charge in [-0.3, -0.25) is 0 Å². The lowest BCUT2D eigenvalue weighted by molar-refractivity contribution is 0.221. The molecule has 2 atom stereocenters. The fraction of sp³-hybridized carbons (Fsp3) is 0.538. The molecule has 2 N–H and O–H groups in total. The summed E-state index contributed by atoms with van der Waals surface area (Å²) < 4.78 is 1.14. The van der Waals surface area contributed by atoms with Gasteiger partial charge in [0, 0.05) is 35.3 Å². The van der Waals surface area contributed by atoms with Crippen molar-refractivity contribution in [1.82, 2.24) is 5.32 Å². The Morgan fingerprint density at radius 3 is 2.88 bits per heavy atom. The molecule has 1 aliphatic rings. The summed E-state index contributed by atoms with van der Waals surface area (Å²) in [5, 5.41) is 12.7. The van der Waals surface area contributed by atoms with Crippen LogP contribution in [0.5, 0.6) is 0 Å². The minimum Gasteiger partial charge on any atom is -0.395 e. The molecule has 1 aromatic carbocycles. The number of hydrogen-bond donors (Lipinski definition) is 2. The monoisotopic (exact) mass is 298 g/mol. The first kappa shape index (κ1) is 12.9. The predicted octanol–water partition coefficient (Wildman–Crippen LogP) is 1.92. The number of rotatable bonds is 2. The van der Waals surface area contributed by atoms with Gasteiger partial charge in [-0.25, -0.2) is 0 Å². The number of halogens is 1. The zero-order valence-electron chi connectivity index (χ0n) is 10.3. The Hall–Kier alpha value is -0.580. The van der Waals surface area contributed by atoms with Crippen LogP contribution in [-0.4, -0.2) is 36.9 Å². The maximum Gasteiger partial charge on any atom is 0.0602 e. The molecule has 0 amide bonds. The maximum atomic E-state index is 9.27. The molecule has 1 fully saturated rings. The smallest absolute Gasteiger partial charge is 0.0602 e. The van der Waals surface area contributed by atoms with Crippen molar-refractivity contribution in [1.29, 1.82) is 0 Å². The highest BCUT2D eigenvalue weighted by molar-refractivity contribution is 9.10. The van der Waals surface area contributed by atoms with E-state index in [9.17, 15) is 5.11 Å². The fourth-order valence-electron chi connectivity index (χ4n) is 2.28. The molecule has 1 heterocycles. The molecule has 0 radical (unpaired) electrons. The zero-order valence-corrected chi connectivity index (χ0v) is 11.9. The van der Waals surface area contributed by atoms with Crippen molar-refractivity contribution >= 4 is 21.6 Å². The normalized spacial score (nSPS) is 25.1. The van der Waals surface area contributed by atoms with Crippen LogP contribution in [0.25, 0.3) is 0 Å². The number of anilines is 1. The lowest BCUT2D eigenvalue weighted by Crippen LogP contribution is -2.56. The topological polar surface area (TPSA) is 35.5 Å². The number of aryl methyl sites for hydroxylation is 1. The van der Waals surface area contributed by atoms with Crippen LogP contribution in [0.4, 0.5) is 5.69 Å². The van der Waals surface area contributed by atoms with Gasteiger partial charge in [0.1, 0.15) is 0 Å². The van der Waals surface area contributed by atoms with Crippen LogP contribution in [0, 0.1) is 6.92 Å². The van der Waals surface area contributed by atoms with E-state index in [0.29, 0.717) is 6.04 Å². The van der Waals surface area contributed by atoms with Crippen molar-refractivity contribution in [3.8, 4) is 0 Å². The number of aliphatic hydroxyl groups is 1. The van der Waals surface area contributed by atoms with E-state index >= 15 is 0 Å². The van der Waals surface area contributed by atoms with E-state index in [0.717, 1.165) is 17.6 Å². The van der Waals surface area contributed by atoms with Crippen LogP contribution in [0.1, 0.15) is 12.5 Å². The van der Waals surface area contributed by atoms with Crippen molar-refractivity contribution in [3.63, 3.8) is 0 Å². The van der Waals surface area contributed by atoms with Crippen LogP contribution >= 0.6 is 15.9 Å². The van der Waals surface area contributed by atoms with E-state index < -0.39 is 0 Å². The molecule has 0 aliphatic carbocycles.